The van der Waals surface area contributed by atoms with Crippen molar-refractivity contribution in [3.8, 4) is 0 Å². The minimum atomic E-state index is 0.688. The Hall–Kier alpha value is -1.61. The van der Waals surface area contributed by atoms with Gasteiger partial charge in [0.1, 0.15) is 0 Å². The van der Waals surface area contributed by atoms with Crippen LogP contribution in [0.4, 0.5) is 5.69 Å². The van der Waals surface area contributed by atoms with Gasteiger partial charge in [-0.25, -0.2) is 0 Å². The number of aromatic nitrogens is 1. The van der Waals surface area contributed by atoms with Gasteiger partial charge in [0.2, 0.25) is 0 Å². The van der Waals surface area contributed by atoms with Crippen LogP contribution < -0.4 is 5.73 Å². The molecule has 1 saturated carbocycles. The SMILES string of the molecule is CC(C)CN(Cc1cc(N)c2ccccc2n1)C1CC1. The summed E-state index contributed by atoms with van der Waals surface area (Å²) in [5, 5.41) is 1.05. The predicted octanol–water partition coefficient (Wildman–Crippen LogP) is 3.44. The molecule has 0 amide bonds. The van der Waals surface area contributed by atoms with Gasteiger partial charge in [-0.3, -0.25) is 9.88 Å². The Bertz CT molecular complexity index is 602. The van der Waals surface area contributed by atoms with E-state index in [9.17, 15) is 0 Å². The maximum absolute atomic E-state index is 6.17. The lowest BCUT2D eigenvalue weighted by molar-refractivity contribution is 0.224. The lowest BCUT2D eigenvalue weighted by atomic mass is 10.1. The van der Waals surface area contributed by atoms with Gasteiger partial charge < -0.3 is 5.73 Å². The molecule has 106 valence electrons. The van der Waals surface area contributed by atoms with Gasteiger partial charge in [0.25, 0.3) is 0 Å². The van der Waals surface area contributed by atoms with Gasteiger partial charge in [0.05, 0.1) is 11.2 Å². The van der Waals surface area contributed by atoms with Crippen molar-refractivity contribution in [1.29, 1.82) is 0 Å². The fourth-order valence-electron chi connectivity index (χ4n) is 2.80. The average molecular weight is 269 g/mol. The lowest BCUT2D eigenvalue weighted by Gasteiger charge is -2.24. The van der Waals surface area contributed by atoms with Crippen molar-refractivity contribution in [2.75, 3.05) is 12.3 Å². The molecule has 2 N–H and O–H groups in total. The minimum Gasteiger partial charge on any atom is -0.398 e. The third-order valence-corrected chi connectivity index (χ3v) is 3.83. The van der Waals surface area contributed by atoms with Crippen LogP contribution in [0.25, 0.3) is 10.9 Å². The van der Waals surface area contributed by atoms with Crippen molar-refractivity contribution in [1.82, 2.24) is 9.88 Å². The number of anilines is 1. The second kappa shape index (κ2) is 5.41. The summed E-state index contributed by atoms with van der Waals surface area (Å²) in [5.41, 5.74) is 9.10. The largest absolute Gasteiger partial charge is 0.398 e. The van der Waals surface area contributed by atoms with E-state index in [1.807, 2.05) is 30.3 Å². The third-order valence-electron chi connectivity index (χ3n) is 3.83. The zero-order valence-corrected chi connectivity index (χ0v) is 12.3. The standard InChI is InChI=1S/C17H23N3/c1-12(2)10-20(14-7-8-14)11-13-9-16(18)15-5-3-4-6-17(15)19-13/h3-6,9,12,14H,7-8,10-11H2,1-2H3,(H2,18,19). The molecule has 20 heavy (non-hydrogen) atoms. The Morgan fingerprint density at radius 1 is 1.30 bits per heavy atom. The van der Waals surface area contributed by atoms with E-state index in [2.05, 4.69) is 18.7 Å². The number of benzene rings is 1. The predicted molar refractivity (Wildman–Crippen MR) is 84.4 cm³/mol. The summed E-state index contributed by atoms with van der Waals surface area (Å²) in [7, 11) is 0. The first kappa shape index (κ1) is 13.4. The summed E-state index contributed by atoms with van der Waals surface area (Å²) in [6.45, 7) is 6.60. The Labute approximate surface area is 120 Å². The first-order valence-corrected chi connectivity index (χ1v) is 7.51. The molecule has 1 heterocycles. The minimum absolute atomic E-state index is 0.688. The first-order chi connectivity index (χ1) is 9.63. The highest BCUT2D eigenvalue weighted by Crippen LogP contribution is 2.29. The summed E-state index contributed by atoms with van der Waals surface area (Å²) in [6, 6.07) is 10.9. The number of hydrogen-bond acceptors (Lipinski definition) is 3. The Morgan fingerprint density at radius 2 is 2.05 bits per heavy atom. The molecular weight excluding hydrogens is 246 g/mol. The zero-order chi connectivity index (χ0) is 14.1. The molecule has 3 nitrogen and oxygen atoms in total. The Morgan fingerprint density at radius 3 is 2.75 bits per heavy atom. The molecule has 0 aliphatic heterocycles. The number of rotatable bonds is 5. The molecule has 0 spiro atoms. The van der Waals surface area contributed by atoms with Crippen molar-refractivity contribution in [2.24, 2.45) is 5.92 Å². The van der Waals surface area contributed by atoms with Gasteiger partial charge in [0, 0.05) is 30.2 Å². The van der Waals surface area contributed by atoms with Gasteiger partial charge in [-0.1, -0.05) is 32.0 Å². The summed E-state index contributed by atoms with van der Waals surface area (Å²) in [6.07, 6.45) is 2.66. The fourth-order valence-corrected chi connectivity index (χ4v) is 2.80. The Kier molecular flexibility index (Phi) is 3.62. The summed E-state index contributed by atoms with van der Waals surface area (Å²) >= 11 is 0. The highest BCUT2D eigenvalue weighted by atomic mass is 15.2. The molecule has 1 aliphatic rings. The quantitative estimate of drug-likeness (QED) is 0.904. The Balaban J connectivity index is 1.85. The number of nitrogens with zero attached hydrogens (tertiary/aromatic N) is 2. The molecule has 0 unspecified atom stereocenters. The molecule has 3 rings (SSSR count). The number of fused-ring (bicyclic) bond motifs is 1. The monoisotopic (exact) mass is 269 g/mol. The number of nitrogen functional groups attached to an aromatic ring is 1. The number of para-hydroxylation sites is 1. The van der Waals surface area contributed by atoms with E-state index in [0.717, 1.165) is 41.4 Å². The summed E-state index contributed by atoms with van der Waals surface area (Å²) < 4.78 is 0. The van der Waals surface area contributed by atoms with Gasteiger partial charge in [0.15, 0.2) is 0 Å². The molecule has 0 saturated heterocycles. The summed E-state index contributed by atoms with van der Waals surface area (Å²) in [5.74, 6) is 0.688. The van der Waals surface area contributed by atoms with Crippen molar-refractivity contribution in [3.05, 3.63) is 36.0 Å². The molecule has 0 atom stereocenters. The van der Waals surface area contributed by atoms with E-state index in [4.69, 9.17) is 10.7 Å². The third kappa shape index (κ3) is 2.93. The molecule has 2 aromatic rings. The van der Waals surface area contributed by atoms with Crippen LogP contribution in [0, 0.1) is 5.92 Å². The van der Waals surface area contributed by atoms with Gasteiger partial charge in [-0.05, 0) is 30.9 Å². The first-order valence-electron chi connectivity index (χ1n) is 7.51. The van der Waals surface area contributed by atoms with Crippen LogP contribution in [0.1, 0.15) is 32.4 Å². The van der Waals surface area contributed by atoms with Crippen LogP contribution in [-0.4, -0.2) is 22.5 Å². The lowest BCUT2D eigenvalue weighted by Crippen LogP contribution is -2.29. The van der Waals surface area contributed by atoms with Crippen LogP contribution >= 0.6 is 0 Å². The number of pyridine rings is 1. The fraction of sp³-hybridized carbons (Fsp3) is 0.471. The molecule has 0 bridgehead atoms. The van der Waals surface area contributed by atoms with E-state index in [1.165, 1.54) is 12.8 Å². The van der Waals surface area contributed by atoms with Crippen molar-refractivity contribution < 1.29 is 0 Å². The highest BCUT2D eigenvalue weighted by Gasteiger charge is 2.29. The highest BCUT2D eigenvalue weighted by molar-refractivity contribution is 5.90. The molecule has 3 heteroatoms. The van der Waals surface area contributed by atoms with Gasteiger partial charge in [-0.15, -0.1) is 0 Å². The molecular formula is C17H23N3. The number of nitrogens with two attached hydrogens (primary N) is 1. The normalized spacial score (nSPS) is 15.4. The van der Waals surface area contributed by atoms with Gasteiger partial charge in [-0.2, -0.15) is 0 Å². The van der Waals surface area contributed by atoms with Crippen molar-refractivity contribution in [3.63, 3.8) is 0 Å². The zero-order valence-electron chi connectivity index (χ0n) is 12.3. The maximum Gasteiger partial charge on any atom is 0.0726 e. The van der Waals surface area contributed by atoms with Crippen molar-refractivity contribution in [2.45, 2.75) is 39.3 Å². The molecule has 1 aromatic carbocycles. The number of hydrogen-bond donors (Lipinski definition) is 1. The topological polar surface area (TPSA) is 42.1 Å². The van der Waals surface area contributed by atoms with Crippen LogP contribution in [0.2, 0.25) is 0 Å². The van der Waals surface area contributed by atoms with Gasteiger partial charge >= 0.3 is 0 Å². The smallest absolute Gasteiger partial charge is 0.0726 e. The molecule has 1 aromatic heterocycles. The van der Waals surface area contributed by atoms with E-state index < -0.39 is 0 Å². The van der Waals surface area contributed by atoms with Crippen molar-refractivity contribution >= 4 is 16.6 Å². The second-order valence-electron chi connectivity index (χ2n) is 6.27. The van der Waals surface area contributed by atoms with Crippen LogP contribution in [0.3, 0.4) is 0 Å². The van der Waals surface area contributed by atoms with Crippen LogP contribution in [0.5, 0.6) is 0 Å². The van der Waals surface area contributed by atoms with E-state index in [-0.39, 0.29) is 0 Å². The molecule has 0 radical (unpaired) electrons. The van der Waals surface area contributed by atoms with E-state index in [1.54, 1.807) is 0 Å². The average Bonchev–Trinajstić information content (AvgIpc) is 3.22. The van der Waals surface area contributed by atoms with E-state index in [0.29, 0.717) is 5.92 Å². The summed E-state index contributed by atoms with van der Waals surface area (Å²) in [4.78, 5) is 7.33. The molecule has 1 fully saturated rings. The van der Waals surface area contributed by atoms with Crippen LogP contribution in [0.15, 0.2) is 30.3 Å². The maximum atomic E-state index is 6.17. The second-order valence-corrected chi connectivity index (χ2v) is 6.27. The van der Waals surface area contributed by atoms with E-state index >= 15 is 0 Å². The molecule has 1 aliphatic carbocycles. The van der Waals surface area contributed by atoms with Crippen LogP contribution in [-0.2, 0) is 6.54 Å².